The molecule has 1 fully saturated rings. The van der Waals surface area contributed by atoms with E-state index in [0.717, 1.165) is 17.5 Å². The minimum Gasteiger partial charge on any atom is -0.303 e. The number of aldehydes is 1. The standard InChI is InChI=1S/C20H23N5O2/c1-15-4-6-16(7-5-15)25-18(23-14-27)12-20(24-25,19(2,3)8-11-26)17-13-21-9-10-22-17/h4-7,9-11,13,18,24H,8,12H2,1-3H3. The van der Waals surface area contributed by atoms with Crippen molar-refractivity contribution in [3.8, 4) is 0 Å². The molecule has 1 aromatic carbocycles. The van der Waals surface area contributed by atoms with Crippen LogP contribution < -0.4 is 10.4 Å². The number of aliphatic imine (C=N–C) groups is 1. The topological polar surface area (TPSA) is 87.5 Å². The van der Waals surface area contributed by atoms with E-state index in [9.17, 15) is 9.59 Å². The van der Waals surface area contributed by atoms with Crippen molar-refractivity contribution in [3.05, 3.63) is 54.1 Å². The van der Waals surface area contributed by atoms with Crippen LogP contribution in [0.1, 0.15) is 37.9 Å². The summed E-state index contributed by atoms with van der Waals surface area (Å²) in [4.78, 5) is 35.2. The summed E-state index contributed by atoms with van der Waals surface area (Å²) in [6.07, 6.45) is 7.82. The number of hydrogen-bond acceptors (Lipinski definition) is 7. The Labute approximate surface area is 158 Å². The van der Waals surface area contributed by atoms with Crippen LogP contribution in [-0.4, -0.2) is 28.5 Å². The van der Waals surface area contributed by atoms with Crippen molar-refractivity contribution in [2.75, 3.05) is 5.01 Å². The summed E-state index contributed by atoms with van der Waals surface area (Å²) in [7, 11) is 0. The Morgan fingerprint density at radius 2 is 2.11 bits per heavy atom. The van der Waals surface area contributed by atoms with E-state index in [1.54, 1.807) is 24.7 Å². The van der Waals surface area contributed by atoms with Gasteiger partial charge in [-0.05, 0) is 24.5 Å². The smallest absolute Gasteiger partial charge is 0.237 e. The Hall–Kier alpha value is -2.89. The number of nitrogens with one attached hydrogen (secondary N) is 1. The Bertz CT molecular complexity index is 846. The fraction of sp³-hybridized carbons (Fsp3) is 0.400. The lowest BCUT2D eigenvalue weighted by Gasteiger charge is -2.43. The van der Waals surface area contributed by atoms with E-state index in [4.69, 9.17) is 0 Å². The first-order chi connectivity index (χ1) is 12.9. The minimum atomic E-state index is -0.724. The van der Waals surface area contributed by atoms with Crippen LogP contribution in [0.4, 0.5) is 5.69 Å². The summed E-state index contributed by atoms with van der Waals surface area (Å²) in [6, 6.07) is 7.93. The normalized spacial score (nSPS) is 22.3. The number of anilines is 1. The maximum atomic E-state index is 11.4. The summed E-state index contributed by atoms with van der Waals surface area (Å²) >= 11 is 0. The molecule has 1 N–H and O–H groups in total. The predicted molar refractivity (Wildman–Crippen MR) is 101 cm³/mol. The van der Waals surface area contributed by atoms with Crippen molar-refractivity contribution in [1.29, 1.82) is 0 Å². The molecule has 2 aromatic rings. The summed E-state index contributed by atoms with van der Waals surface area (Å²) in [5, 5.41) is 1.85. The average Bonchev–Trinajstić information content (AvgIpc) is 3.05. The molecule has 1 saturated heterocycles. The lowest BCUT2D eigenvalue weighted by atomic mass is 9.67. The monoisotopic (exact) mass is 365 g/mol. The van der Waals surface area contributed by atoms with E-state index in [2.05, 4.69) is 20.4 Å². The fourth-order valence-electron chi connectivity index (χ4n) is 3.64. The molecule has 1 aromatic heterocycles. The molecule has 7 nitrogen and oxygen atoms in total. The van der Waals surface area contributed by atoms with Gasteiger partial charge in [0.25, 0.3) is 0 Å². The van der Waals surface area contributed by atoms with Gasteiger partial charge < -0.3 is 4.79 Å². The second-order valence-electron chi connectivity index (χ2n) is 7.47. The van der Waals surface area contributed by atoms with Crippen LogP contribution in [0.2, 0.25) is 0 Å². The number of carbonyl (C=O) groups excluding carboxylic acids is 2. The highest BCUT2D eigenvalue weighted by molar-refractivity contribution is 5.54. The molecule has 2 unspecified atom stereocenters. The number of rotatable bonds is 6. The van der Waals surface area contributed by atoms with Gasteiger partial charge in [0.2, 0.25) is 6.08 Å². The van der Waals surface area contributed by atoms with Gasteiger partial charge in [0.15, 0.2) is 0 Å². The maximum Gasteiger partial charge on any atom is 0.237 e. The molecule has 27 heavy (non-hydrogen) atoms. The second-order valence-corrected chi connectivity index (χ2v) is 7.47. The lowest BCUT2D eigenvalue weighted by Crippen LogP contribution is -2.54. The Morgan fingerprint density at radius 3 is 2.70 bits per heavy atom. The van der Waals surface area contributed by atoms with E-state index < -0.39 is 17.1 Å². The second kappa shape index (κ2) is 7.39. The van der Waals surface area contributed by atoms with Crippen LogP contribution in [0.5, 0.6) is 0 Å². The quantitative estimate of drug-likeness (QED) is 0.481. The zero-order chi connectivity index (χ0) is 19.5. The van der Waals surface area contributed by atoms with Crippen LogP contribution in [0, 0.1) is 12.3 Å². The van der Waals surface area contributed by atoms with E-state index in [1.165, 1.54) is 0 Å². The van der Waals surface area contributed by atoms with Crippen LogP contribution >= 0.6 is 0 Å². The van der Waals surface area contributed by atoms with E-state index >= 15 is 0 Å². The van der Waals surface area contributed by atoms with Gasteiger partial charge in [0.1, 0.15) is 12.5 Å². The van der Waals surface area contributed by atoms with Crippen molar-refractivity contribution in [2.24, 2.45) is 10.4 Å². The molecule has 0 saturated carbocycles. The zero-order valence-corrected chi connectivity index (χ0v) is 15.7. The van der Waals surface area contributed by atoms with Crippen molar-refractivity contribution >= 4 is 18.1 Å². The summed E-state index contributed by atoms with van der Waals surface area (Å²) in [5.74, 6) is 0. The van der Waals surface area contributed by atoms with E-state index in [0.29, 0.717) is 18.5 Å². The third kappa shape index (κ3) is 3.39. The highest BCUT2D eigenvalue weighted by Crippen LogP contribution is 2.49. The highest BCUT2D eigenvalue weighted by Gasteiger charge is 2.55. The van der Waals surface area contributed by atoms with Gasteiger partial charge in [-0.25, -0.2) is 10.2 Å². The number of carbonyl (C=O) groups is 1. The van der Waals surface area contributed by atoms with Crippen molar-refractivity contribution in [1.82, 2.24) is 15.4 Å². The number of hydrogen-bond donors (Lipinski definition) is 1. The molecule has 140 valence electrons. The van der Waals surface area contributed by atoms with Gasteiger partial charge >= 0.3 is 0 Å². The zero-order valence-electron chi connectivity index (χ0n) is 15.7. The molecule has 1 aliphatic heterocycles. The number of aromatic nitrogens is 2. The molecule has 2 heterocycles. The Kier molecular flexibility index (Phi) is 5.17. The largest absolute Gasteiger partial charge is 0.303 e. The van der Waals surface area contributed by atoms with Crippen molar-refractivity contribution in [3.63, 3.8) is 0 Å². The van der Waals surface area contributed by atoms with E-state index in [-0.39, 0.29) is 0 Å². The van der Waals surface area contributed by atoms with Gasteiger partial charge in [0.05, 0.1) is 23.1 Å². The SMILES string of the molecule is Cc1ccc(N2NC(c3cnccn3)(C(C)(C)CC=O)CC2N=C=O)cc1. The molecule has 3 rings (SSSR count). The summed E-state index contributed by atoms with van der Waals surface area (Å²) < 4.78 is 0. The number of isocyanates is 1. The van der Waals surface area contributed by atoms with Gasteiger partial charge in [-0.3, -0.25) is 15.0 Å². The number of nitrogens with zero attached hydrogens (tertiary/aromatic N) is 4. The van der Waals surface area contributed by atoms with Gasteiger partial charge in [-0.15, -0.1) is 0 Å². The Balaban J connectivity index is 2.13. The van der Waals surface area contributed by atoms with Gasteiger partial charge in [-0.1, -0.05) is 31.5 Å². The predicted octanol–water partition coefficient (Wildman–Crippen LogP) is 2.67. The molecule has 2 atom stereocenters. The first-order valence-corrected chi connectivity index (χ1v) is 8.84. The lowest BCUT2D eigenvalue weighted by molar-refractivity contribution is -0.110. The minimum absolute atomic E-state index is 0.315. The molecule has 0 aliphatic carbocycles. The van der Waals surface area contributed by atoms with Crippen LogP contribution in [0.3, 0.4) is 0 Å². The van der Waals surface area contributed by atoms with Gasteiger partial charge in [-0.2, -0.15) is 4.99 Å². The first-order valence-electron chi connectivity index (χ1n) is 8.84. The molecule has 7 heteroatoms. The molecule has 0 bridgehead atoms. The molecule has 0 radical (unpaired) electrons. The number of benzene rings is 1. The molecule has 1 aliphatic rings. The third-order valence-corrected chi connectivity index (χ3v) is 5.36. The summed E-state index contributed by atoms with van der Waals surface area (Å²) in [6.45, 7) is 6.02. The molecular formula is C20H23N5O2. The maximum absolute atomic E-state index is 11.4. The molecule has 0 spiro atoms. The summed E-state index contributed by atoms with van der Waals surface area (Å²) in [5.41, 5.74) is 5.01. The number of aryl methyl sites for hydroxylation is 1. The Morgan fingerprint density at radius 1 is 1.37 bits per heavy atom. The number of hydrazine groups is 1. The average molecular weight is 365 g/mol. The highest BCUT2D eigenvalue weighted by atomic mass is 16.1. The third-order valence-electron chi connectivity index (χ3n) is 5.36. The van der Waals surface area contributed by atoms with Gasteiger partial charge in [0, 0.05) is 25.2 Å². The fourth-order valence-corrected chi connectivity index (χ4v) is 3.64. The van der Waals surface area contributed by atoms with Crippen LogP contribution in [-0.2, 0) is 15.1 Å². The van der Waals surface area contributed by atoms with Crippen LogP contribution in [0.15, 0.2) is 47.8 Å². The molecular weight excluding hydrogens is 342 g/mol. The van der Waals surface area contributed by atoms with E-state index in [1.807, 2.05) is 50.0 Å². The molecule has 0 amide bonds. The van der Waals surface area contributed by atoms with Crippen molar-refractivity contribution in [2.45, 2.75) is 45.3 Å². The van der Waals surface area contributed by atoms with Crippen molar-refractivity contribution < 1.29 is 9.59 Å². The first kappa shape index (κ1) is 18.9. The van der Waals surface area contributed by atoms with Crippen LogP contribution in [0.25, 0.3) is 0 Å².